The maximum atomic E-state index is 4.35. The van der Waals surface area contributed by atoms with E-state index in [0.717, 1.165) is 24.5 Å². The van der Waals surface area contributed by atoms with Crippen molar-refractivity contribution < 1.29 is 0 Å². The first-order valence-electron chi connectivity index (χ1n) is 5.23. The summed E-state index contributed by atoms with van der Waals surface area (Å²) in [7, 11) is 0. The fourth-order valence-corrected chi connectivity index (χ4v) is 1.84. The quantitative estimate of drug-likeness (QED) is 0.755. The fourth-order valence-electron chi connectivity index (χ4n) is 1.84. The Morgan fingerprint density at radius 3 is 3.14 bits per heavy atom. The zero-order chi connectivity index (χ0) is 9.80. The van der Waals surface area contributed by atoms with E-state index in [1.54, 1.807) is 6.20 Å². The molecule has 2 rings (SSSR count). The van der Waals surface area contributed by atoms with Crippen molar-refractivity contribution in [1.29, 1.82) is 0 Å². The molecule has 4 nitrogen and oxygen atoms in total. The van der Waals surface area contributed by atoms with E-state index in [1.807, 2.05) is 6.92 Å². The van der Waals surface area contributed by atoms with Crippen LogP contribution in [0.1, 0.15) is 30.8 Å². The number of hydrogen-bond acceptors (Lipinski definition) is 4. The van der Waals surface area contributed by atoms with Crippen LogP contribution in [0.4, 0.5) is 0 Å². The molecular weight excluding hydrogens is 176 g/mol. The molecule has 1 aromatic rings. The molecule has 1 aliphatic rings. The average molecular weight is 192 g/mol. The van der Waals surface area contributed by atoms with Gasteiger partial charge in [0.2, 0.25) is 0 Å². The molecule has 0 bridgehead atoms. The summed E-state index contributed by atoms with van der Waals surface area (Å²) in [5.41, 5.74) is 0.950. The van der Waals surface area contributed by atoms with Gasteiger partial charge in [0, 0.05) is 12.5 Å². The van der Waals surface area contributed by atoms with Crippen LogP contribution in [0.3, 0.4) is 0 Å². The van der Waals surface area contributed by atoms with Crippen LogP contribution < -0.4 is 5.32 Å². The molecule has 0 aliphatic carbocycles. The lowest BCUT2D eigenvalue weighted by Crippen LogP contribution is -2.36. The van der Waals surface area contributed by atoms with Crippen molar-refractivity contribution in [2.75, 3.05) is 6.54 Å². The number of nitrogens with zero attached hydrogens (tertiary/aromatic N) is 3. The number of nitrogens with one attached hydrogen (secondary N) is 1. The van der Waals surface area contributed by atoms with Crippen LogP contribution in [0.2, 0.25) is 0 Å². The maximum absolute atomic E-state index is 4.35. The Morgan fingerprint density at radius 1 is 1.50 bits per heavy atom. The van der Waals surface area contributed by atoms with Gasteiger partial charge in [0.1, 0.15) is 0 Å². The van der Waals surface area contributed by atoms with E-state index in [4.69, 9.17) is 0 Å². The number of piperidine rings is 1. The van der Waals surface area contributed by atoms with Crippen molar-refractivity contribution in [2.24, 2.45) is 0 Å². The molecule has 76 valence electrons. The van der Waals surface area contributed by atoms with E-state index < -0.39 is 0 Å². The predicted octanol–water partition coefficient (Wildman–Crippen LogP) is 0.865. The summed E-state index contributed by atoms with van der Waals surface area (Å²) < 4.78 is 0. The largest absolute Gasteiger partial charge is 0.314 e. The van der Waals surface area contributed by atoms with Crippen molar-refractivity contribution in [1.82, 2.24) is 20.5 Å². The normalized spacial score (nSPS) is 22.2. The molecule has 1 aliphatic heterocycles. The fraction of sp³-hybridized carbons (Fsp3) is 0.700. The third-order valence-electron chi connectivity index (χ3n) is 2.56. The van der Waals surface area contributed by atoms with E-state index in [9.17, 15) is 0 Å². The molecule has 1 atom stereocenters. The summed E-state index contributed by atoms with van der Waals surface area (Å²) in [6, 6.07) is 0.548. The molecule has 0 saturated carbocycles. The highest BCUT2D eigenvalue weighted by Gasteiger charge is 2.14. The second-order valence-corrected chi connectivity index (χ2v) is 3.86. The first-order valence-corrected chi connectivity index (χ1v) is 5.23. The molecule has 1 saturated heterocycles. The summed E-state index contributed by atoms with van der Waals surface area (Å²) in [4.78, 5) is 4.35. The number of aryl methyl sites for hydroxylation is 1. The third-order valence-corrected chi connectivity index (χ3v) is 2.56. The summed E-state index contributed by atoms with van der Waals surface area (Å²) in [6.45, 7) is 3.08. The molecule has 14 heavy (non-hydrogen) atoms. The molecule has 4 heteroatoms. The van der Waals surface area contributed by atoms with Gasteiger partial charge in [-0.1, -0.05) is 6.42 Å². The molecule has 2 heterocycles. The minimum Gasteiger partial charge on any atom is -0.314 e. The Kier molecular flexibility index (Phi) is 3.03. The zero-order valence-electron chi connectivity index (χ0n) is 8.53. The minimum atomic E-state index is 0.548. The Labute approximate surface area is 84.2 Å². The second-order valence-electron chi connectivity index (χ2n) is 3.86. The first-order chi connectivity index (χ1) is 6.84. The van der Waals surface area contributed by atoms with Gasteiger partial charge in [-0.2, -0.15) is 5.10 Å². The monoisotopic (exact) mass is 192 g/mol. The smallest absolute Gasteiger partial charge is 0.152 e. The molecule has 0 radical (unpaired) electrons. The summed E-state index contributed by atoms with van der Waals surface area (Å²) >= 11 is 0. The van der Waals surface area contributed by atoms with E-state index in [0.29, 0.717) is 6.04 Å². The summed E-state index contributed by atoms with van der Waals surface area (Å²) in [5, 5.41) is 11.4. The topological polar surface area (TPSA) is 50.7 Å². The lowest BCUT2D eigenvalue weighted by atomic mass is 10.0. The van der Waals surface area contributed by atoms with Crippen molar-refractivity contribution in [2.45, 2.75) is 38.6 Å². The van der Waals surface area contributed by atoms with E-state index in [1.165, 1.54) is 19.3 Å². The Balaban J connectivity index is 1.95. The van der Waals surface area contributed by atoms with Gasteiger partial charge in [0.05, 0.1) is 11.9 Å². The predicted molar refractivity (Wildman–Crippen MR) is 53.9 cm³/mol. The van der Waals surface area contributed by atoms with Crippen LogP contribution in [-0.4, -0.2) is 27.8 Å². The van der Waals surface area contributed by atoms with Crippen LogP contribution in [0, 0.1) is 6.92 Å². The van der Waals surface area contributed by atoms with Crippen molar-refractivity contribution in [3.63, 3.8) is 0 Å². The Hall–Kier alpha value is -1.03. The zero-order valence-corrected chi connectivity index (χ0v) is 8.53. The van der Waals surface area contributed by atoms with Crippen molar-refractivity contribution >= 4 is 0 Å². The number of rotatable bonds is 2. The number of hydrogen-bond donors (Lipinski definition) is 1. The van der Waals surface area contributed by atoms with Gasteiger partial charge in [-0.25, -0.2) is 4.98 Å². The van der Waals surface area contributed by atoms with Gasteiger partial charge in [-0.3, -0.25) is 0 Å². The summed E-state index contributed by atoms with van der Waals surface area (Å²) in [5.74, 6) is 0.865. The van der Waals surface area contributed by atoms with Crippen LogP contribution in [0.25, 0.3) is 0 Å². The average Bonchev–Trinajstić information content (AvgIpc) is 2.19. The molecule has 0 amide bonds. The van der Waals surface area contributed by atoms with Gasteiger partial charge in [-0.05, 0) is 26.3 Å². The number of aromatic nitrogens is 3. The molecule has 1 fully saturated rings. The van der Waals surface area contributed by atoms with Crippen molar-refractivity contribution in [3.8, 4) is 0 Å². The van der Waals surface area contributed by atoms with Gasteiger partial charge in [-0.15, -0.1) is 5.10 Å². The van der Waals surface area contributed by atoms with Crippen LogP contribution in [0.15, 0.2) is 6.20 Å². The van der Waals surface area contributed by atoms with E-state index in [-0.39, 0.29) is 0 Å². The highest BCUT2D eigenvalue weighted by atomic mass is 15.1. The van der Waals surface area contributed by atoms with Crippen LogP contribution >= 0.6 is 0 Å². The molecule has 1 N–H and O–H groups in total. The highest BCUT2D eigenvalue weighted by molar-refractivity contribution is 4.95. The molecule has 1 aromatic heterocycles. The molecule has 1 unspecified atom stereocenters. The SMILES string of the molecule is Cc1cnnc(CC2CCCCN2)n1. The highest BCUT2D eigenvalue weighted by Crippen LogP contribution is 2.10. The van der Waals surface area contributed by atoms with Crippen LogP contribution in [-0.2, 0) is 6.42 Å². The molecule has 0 aromatic carbocycles. The van der Waals surface area contributed by atoms with E-state index in [2.05, 4.69) is 20.5 Å². The van der Waals surface area contributed by atoms with Gasteiger partial charge in [0.25, 0.3) is 0 Å². The molecular formula is C10H16N4. The first kappa shape index (κ1) is 9.52. The van der Waals surface area contributed by atoms with Gasteiger partial charge in [0.15, 0.2) is 5.82 Å². The minimum absolute atomic E-state index is 0.548. The van der Waals surface area contributed by atoms with Gasteiger partial charge >= 0.3 is 0 Å². The van der Waals surface area contributed by atoms with Crippen molar-refractivity contribution in [3.05, 3.63) is 17.7 Å². The van der Waals surface area contributed by atoms with Crippen LogP contribution in [0.5, 0.6) is 0 Å². The lowest BCUT2D eigenvalue weighted by Gasteiger charge is -2.22. The lowest BCUT2D eigenvalue weighted by molar-refractivity contribution is 0.393. The summed E-state index contributed by atoms with van der Waals surface area (Å²) in [6.07, 6.45) is 6.45. The maximum Gasteiger partial charge on any atom is 0.152 e. The third kappa shape index (κ3) is 2.48. The Morgan fingerprint density at radius 2 is 2.43 bits per heavy atom. The standard InChI is InChI=1S/C10H16N4/c1-8-7-12-14-10(13-8)6-9-4-2-3-5-11-9/h7,9,11H,2-6H2,1H3. The molecule has 0 spiro atoms. The van der Waals surface area contributed by atoms with E-state index >= 15 is 0 Å². The second kappa shape index (κ2) is 4.46. The Bertz CT molecular complexity index is 294. The van der Waals surface area contributed by atoms with Gasteiger partial charge < -0.3 is 5.32 Å².